The molecule has 1 aromatic heterocycles. The maximum absolute atomic E-state index is 13.8. The molecule has 0 saturated carbocycles. The van der Waals surface area contributed by atoms with Crippen LogP contribution in [0.25, 0.3) is 11.1 Å². The SMILES string of the molecule is CCNCc1cc(-c2cn(C)nc2C(C)C)ccc1F. The van der Waals surface area contributed by atoms with Crippen LogP contribution in [0.3, 0.4) is 0 Å². The van der Waals surface area contributed by atoms with E-state index in [4.69, 9.17) is 0 Å². The number of benzene rings is 1. The van der Waals surface area contributed by atoms with E-state index in [2.05, 4.69) is 24.3 Å². The van der Waals surface area contributed by atoms with Crippen molar-refractivity contribution >= 4 is 0 Å². The summed E-state index contributed by atoms with van der Waals surface area (Å²) in [6, 6.07) is 5.29. The summed E-state index contributed by atoms with van der Waals surface area (Å²) >= 11 is 0. The van der Waals surface area contributed by atoms with Gasteiger partial charge < -0.3 is 5.32 Å². The summed E-state index contributed by atoms with van der Waals surface area (Å²) in [6.45, 7) is 7.63. The Morgan fingerprint density at radius 3 is 2.75 bits per heavy atom. The number of aromatic nitrogens is 2. The van der Waals surface area contributed by atoms with E-state index < -0.39 is 0 Å². The zero-order valence-electron chi connectivity index (χ0n) is 12.6. The van der Waals surface area contributed by atoms with Crippen molar-refractivity contribution < 1.29 is 4.39 Å². The van der Waals surface area contributed by atoms with Crippen molar-refractivity contribution in [2.24, 2.45) is 7.05 Å². The van der Waals surface area contributed by atoms with Crippen LogP contribution in [-0.4, -0.2) is 16.3 Å². The van der Waals surface area contributed by atoms with Crippen LogP contribution >= 0.6 is 0 Å². The fourth-order valence-electron chi connectivity index (χ4n) is 2.29. The van der Waals surface area contributed by atoms with Gasteiger partial charge in [0.25, 0.3) is 0 Å². The van der Waals surface area contributed by atoms with Crippen molar-refractivity contribution in [2.75, 3.05) is 6.54 Å². The minimum absolute atomic E-state index is 0.162. The van der Waals surface area contributed by atoms with Crippen molar-refractivity contribution in [1.82, 2.24) is 15.1 Å². The van der Waals surface area contributed by atoms with E-state index in [0.717, 1.165) is 23.4 Å². The van der Waals surface area contributed by atoms with Crippen molar-refractivity contribution in [3.63, 3.8) is 0 Å². The Hall–Kier alpha value is -1.68. The van der Waals surface area contributed by atoms with E-state index >= 15 is 0 Å². The Bertz CT molecular complexity index is 587. The van der Waals surface area contributed by atoms with Gasteiger partial charge in [0.1, 0.15) is 5.82 Å². The Morgan fingerprint density at radius 2 is 2.10 bits per heavy atom. The first-order valence-electron chi connectivity index (χ1n) is 7.06. The molecular weight excluding hydrogens is 253 g/mol. The highest BCUT2D eigenvalue weighted by Crippen LogP contribution is 2.29. The molecule has 2 aromatic rings. The molecule has 0 aliphatic carbocycles. The third kappa shape index (κ3) is 3.07. The van der Waals surface area contributed by atoms with Gasteiger partial charge >= 0.3 is 0 Å². The van der Waals surface area contributed by atoms with Crippen LogP contribution in [0.2, 0.25) is 0 Å². The normalized spacial score (nSPS) is 11.3. The first-order valence-corrected chi connectivity index (χ1v) is 7.06. The number of halogens is 1. The van der Waals surface area contributed by atoms with Gasteiger partial charge in [0.05, 0.1) is 5.69 Å². The average Bonchev–Trinajstić information content (AvgIpc) is 2.80. The second-order valence-corrected chi connectivity index (χ2v) is 5.34. The van der Waals surface area contributed by atoms with Gasteiger partial charge in [-0.3, -0.25) is 4.68 Å². The summed E-state index contributed by atoms with van der Waals surface area (Å²) in [4.78, 5) is 0. The fraction of sp³-hybridized carbons (Fsp3) is 0.438. The Balaban J connectivity index is 2.42. The smallest absolute Gasteiger partial charge is 0.127 e. The molecule has 1 heterocycles. The highest BCUT2D eigenvalue weighted by molar-refractivity contribution is 5.66. The lowest BCUT2D eigenvalue weighted by atomic mass is 9.98. The lowest BCUT2D eigenvalue weighted by Gasteiger charge is -2.09. The molecule has 0 atom stereocenters. The molecule has 20 heavy (non-hydrogen) atoms. The lowest BCUT2D eigenvalue weighted by Crippen LogP contribution is -2.13. The molecule has 0 fully saturated rings. The molecule has 0 amide bonds. The number of nitrogens with zero attached hydrogens (tertiary/aromatic N) is 2. The van der Waals surface area contributed by atoms with Crippen LogP contribution < -0.4 is 5.32 Å². The van der Waals surface area contributed by atoms with Gasteiger partial charge in [0.2, 0.25) is 0 Å². The molecule has 3 nitrogen and oxygen atoms in total. The van der Waals surface area contributed by atoms with Gasteiger partial charge in [-0.25, -0.2) is 4.39 Å². The molecule has 0 spiro atoms. The van der Waals surface area contributed by atoms with Gasteiger partial charge in [-0.2, -0.15) is 5.10 Å². The first-order chi connectivity index (χ1) is 9.52. The number of hydrogen-bond donors (Lipinski definition) is 1. The van der Waals surface area contributed by atoms with Crippen LogP contribution in [0.5, 0.6) is 0 Å². The monoisotopic (exact) mass is 275 g/mol. The van der Waals surface area contributed by atoms with Crippen molar-refractivity contribution in [3.8, 4) is 11.1 Å². The number of rotatable bonds is 5. The molecule has 0 aliphatic rings. The standard InChI is InChI=1S/C16H22FN3/c1-5-18-9-13-8-12(6-7-15(13)17)14-10-20(4)19-16(14)11(2)3/h6-8,10-11,18H,5,9H2,1-4H3. The highest BCUT2D eigenvalue weighted by atomic mass is 19.1. The fourth-order valence-corrected chi connectivity index (χ4v) is 2.29. The van der Waals surface area contributed by atoms with Gasteiger partial charge in [-0.15, -0.1) is 0 Å². The maximum atomic E-state index is 13.8. The maximum Gasteiger partial charge on any atom is 0.127 e. The van der Waals surface area contributed by atoms with E-state index in [0.29, 0.717) is 18.0 Å². The molecule has 2 rings (SSSR count). The minimum Gasteiger partial charge on any atom is -0.313 e. The molecule has 4 heteroatoms. The van der Waals surface area contributed by atoms with Gasteiger partial charge in [0.15, 0.2) is 0 Å². The third-order valence-corrected chi connectivity index (χ3v) is 3.33. The third-order valence-electron chi connectivity index (χ3n) is 3.33. The molecule has 108 valence electrons. The van der Waals surface area contributed by atoms with Crippen LogP contribution in [0, 0.1) is 5.82 Å². The molecular formula is C16H22FN3. The molecule has 1 aromatic carbocycles. The molecule has 0 bridgehead atoms. The zero-order chi connectivity index (χ0) is 14.7. The van der Waals surface area contributed by atoms with Crippen LogP contribution in [0.4, 0.5) is 4.39 Å². The quantitative estimate of drug-likeness (QED) is 0.905. The Kier molecular flexibility index (Phi) is 4.55. The second-order valence-electron chi connectivity index (χ2n) is 5.34. The van der Waals surface area contributed by atoms with E-state index in [9.17, 15) is 4.39 Å². The Morgan fingerprint density at radius 1 is 1.35 bits per heavy atom. The molecule has 0 saturated heterocycles. The van der Waals surface area contributed by atoms with Gasteiger partial charge in [0, 0.05) is 30.9 Å². The predicted octanol–water partition coefficient (Wildman–Crippen LogP) is 3.46. The summed E-state index contributed by atoms with van der Waals surface area (Å²) in [7, 11) is 1.92. The molecule has 1 N–H and O–H groups in total. The number of hydrogen-bond acceptors (Lipinski definition) is 2. The van der Waals surface area contributed by atoms with Crippen molar-refractivity contribution in [1.29, 1.82) is 0 Å². The summed E-state index contributed by atoms with van der Waals surface area (Å²) < 4.78 is 15.6. The largest absolute Gasteiger partial charge is 0.313 e. The van der Waals surface area contributed by atoms with E-state index in [1.165, 1.54) is 0 Å². The van der Waals surface area contributed by atoms with Crippen LogP contribution in [0.15, 0.2) is 24.4 Å². The van der Waals surface area contributed by atoms with Crippen LogP contribution in [0.1, 0.15) is 37.9 Å². The first kappa shape index (κ1) is 14.7. The molecule has 0 radical (unpaired) electrons. The number of nitrogens with one attached hydrogen (secondary N) is 1. The van der Waals surface area contributed by atoms with Crippen LogP contribution in [-0.2, 0) is 13.6 Å². The van der Waals surface area contributed by atoms with Crippen molar-refractivity contribution in [2.45, 2.75) is 33.2 Å². The van der Waals surface area contributed by atoms with E-state index in [1.807, 2.05) is 37.0 Å². The zero-order valence-corrected chi connectivity index (χ0v) is 12.6. The summed E-state index contributed by atoms with van der Waals surface area (Å²) in [6.07, 6.45) is 2.00. The lowest BCUT2D eigenvalue weighted by molar-refractivity contribution is 0.593. The van der Waals surface area contributed by atoms with Gasteiger partial charge in [-0.1, -0.05) is 26.8 Å². The molecule has 0 unspecified atom stereocenters. The summed E-state index contributed by atoms with van der Waals surface area (Å²) in [5, 5.41) is 7.67. The minimum atomic E-state index is -0.162. The van der Waals surface area contributed by atoms with E-state index in [-0.39, 0.29) is 5.82 Å². The van der Waals surface area contributed by atoms with Crippen molar-refractivity contribution in [3.05, 3.63) is 41.5 Å². The predicted molar refractivity (Wildman–Crippen MR) is 80.1 cm³/mol. The Labute approximate surface area is 119 Å². The molecule has 0 aliphatic heterocycles. The van der Waals surface area contributed by atoms with Gasteiger partial charge in [-0.05, 0) is 30.2 Å². The number of aryl methyl sites for hydroxylation is 1. The highest BCUT2D eigenvalue weighted by Gasteiger charge is 2.14. The summed E-state index contributed by atoms with van der Waals surface area (Å²) in [5.41, 5.74) is 3.85. The summed E-state index contributed by atoms with van der Waals surface area (Å²) in [5.74, 6) is 0.179. The second kappa shape index (κ2) is 6.18. The topological polar surface area (TPSA) is 29.9 Å². The average molecular weight is 275 g/mol. The van der Waals surface area contributed by atoms with E-state index in [1.54, 1.807) is 6.07 Å².